The summed E-state index contributed by atoms with van der Waals surface area (Å²) in [6.07, 6.45) is 2.10. The summed E-state index contributed by atoms with van der Waals surface area (Å²) in [6.45, 7) is 3.71. The number of nitrogens with one attached hydrogen (secondary N) is 2. The molecule has 0 radical (unpaired) electrons. The molecule has 0 aliphatic carbocycles. The molecule has 2 aromatic carbocycles. The van der Waals surface area contributed by atoms with Crippen molar-refractivity contribution in [1.82, 2.24) is 10.6 Å². The third-order valence-corrected chi connectivity index (χ3v) is 5.51. The molecule has 29 heavy (non-hydrogen) atoms. The van der Waals surface area contributed by atoms with E-state index in [4.69, 9.17) is 9.84 Å². The first kappa shape index (κ1) is 21.0. The standard InChI is InChI=1S/C23H28N2O4/c1-17(19-7-9-20(10-8-19)21(26)27)25-22(28)23(12-15-29-16-13-23)24-14-11-18-5-3-2-4-6-18/h2-10,17,24H,11-16H2,1H3,(H,25,28)(H,26,27)/t17-/m0/s1. The summed E-state index contributed by atoms with van der Waals surface area (Å²) in [5.41, 5.74) is 1.68. The van der Waals surface area contributed by atoms with Gasteiger partial charge in [0.25, 0.3) is 0 Å². The number of carbonyl (C=O) groups excluding carboxylic acids is 1. The fourth-order valence-electron chi connectivity index (χ4n) is 3.63. The van der Waals surface area contributed by atoms with E-state index in [0.717, 1.165) is 12.0 Å². The van der Waals surface area contributed by atoms with Crippen LogP contribution >= 0.6 is 0 Å². The minimum Gasteiger partial charge on any atom is -0.478 e. The second kappa shape index (κ2) is 9.67. The number of benzene rings is 2. The highest BCUT2D eigenvalue weighted by molar-refractivity contribution is 5.88. The van der Waals surface area contributed by atoms with Gasteiger partial charge in [0, 0.05) is 19.8 Å². The van der Waals surface area contributed by atoms with Gasteiger partial charge in [0.2, 0.25) is 5.91 Å². The highest BCUT2D eigenvalue weighted by Gasteiger charge is 2.40. The summed E-state index contributed by atoms with van der Waals surface area (Å²) >= 11 is 0. The van der Waals surface area contributed by atoms with Gasteiger partial charge >= 0.3 is 5.97 Å². The first-order valence-corrected chi connectivity index (χ1v) is 10.0. The van der Waals surface area contributed by atoms with Crippen LogP contribution in [0.1, 0.15) is 47.3 Å². The van der Waals surface area contributed by atoms with Crippen LogP contribution in [-0.2, 0) is 16.0 Å². The molecule has 1 aliphatic rings. The van der Waals surface area contributed by atoms with Gasteiger partial charge in [-0.15, -0.1) is 0 Å². The van der Waals surface area contributed by atoms with Crippen molar-refractivity contribution >= 4 is 11.9 Å². The molecule has 3 rings (SSSR count). The minimum absolute atomic E-state index is 0.0383. The Bertz CT molecular complexity index is 815. The Balaban J connectivity index is 1.64. The molecule has 6 heteroatoms. The Morgan fingerprint density at radius 2 is 1.72 bits per heavy atom. The Hall–Kier alpha value is -2.70. The molecule has 1 aliphatic heterocycles. The molecule has 0 spiro atoms. The van der Waals surface area contributed by atoms with E-state index in [-0.39, 0.29) is 17.5 Å². The zero-order chi connectivity index (χ0) is 20.7. The van der Waals surface area contributed by atoms with Crippen LogP contribution in [0.15, 0.2) is 54.6 Å². The topological polar surface area (TPSA) is 87.7 Å². The second-order valence-corrected chi connectivity index (χ2v) is 7.48. The van der Waals surface area contributed by atoms with Crippen LogP contribution < -0.4 is 10.6 Å². The minimum atomic E-state index is -0.961. The predicted molar refractivity (Wildman–Crippen MR) is 111 cm³/mol. The van der Waals surface area contributed by atoms with Crippen molar-refractivity contribution in [3.05, 3.63) is 71.3 Å². The highest BCUT2D eigenvalue weighted by Crippen LogP contribution is 2.23. The summed E-state index contributed by atoms with van der Waals surface area (Å²) in [7, 11) is 0. The lowest BCUT2D eigenvalue weighted by Crippen LogP contribution is -2.60. The number of carboxylic acids is 1. The zero-order valence-electron chi connectivity index (χ0n) is 16.7. The molecule has 6 nitrogen and oxygen atoms in total. The number of hydrogen-bond acceptors (Lipinski definition) is 4. The molecule has 1 heterocycles. The van der Waals surface area contributed by atoms with E-state index in [2.05, 4.69) is 22.8 Å². The summed E-state index contributed by atoms with van der Waals surface area (Å²) in [6, 6.07) is 16.6. The zero-order valence-corrected chi connectivity index (χ0v) is 16.7. The molecule has 3 N–H and O–H groups in total. The molecule has 1 atom stereocenters. The Morgan fingerprint density at radius 3 is 2.34 bits per heavy atom. The van der Waals surface area contributed by atoms with E-state index in [1.165, 1.54) is 5.56 Å². The number of ether oxygens (including phenoxy) is 1. The first-order valence-electron chi connectivity index (χ1n) is 10.0. The summed E-state index contributed by atoms with van der Waals surface area (Å²) in [4.78, 5) is 24.2. The monoisotopic (exact) mass is 396 g/mol. The molecule has 0 unspecified atom stereocenters. The lowest BCUT2D eigenvalue weighted by atomic mass is 9.88. The molecular formula is C23H28N2O4. The van der Waals surface area contributed by atoms with Crippen LogP contribution in [0.25, 0.3) is 0 Å². The Morgan fingerprint density at radius 1 is 1.07 bits per heavy atom. The third kappa shape index (κ3) is 5.43. The van der Waals surface area contributed by atoms with Crippen molar-refractivity contribution in [1.29, 1.82) is 0 Å². The Kier molecular flexibility index (Phi) is 7.01. The molecule has 0 aromatic heterocycles. The van der Waals surface area contributed by atoms with Gasteiger partial charge in [0.15, 0.2) is 0 Å². The number of aromatic carboxylic acids is 1. The fourth-order valence-corrected chi connectivity index (χ4v) is 3.63. The summed E-state index contributed by atoms with van der Waals surface area (Å²) in [5, 5.41) is 15.6. The van der Waals surface area contributed by atoms with Gasteiger partial charge in [-0.3, -0.25) is 4.79 Å². The van der Waals surface area contributed by atoms with Gasteiger partial charge in [0.1, 0.15) is 5.54 Å². The van der Waals surface area contributed by atoms with Gasteiger partial charge in [-0.05, 0) is 49.4 Å². The van der Waals surface area contributed by atoms with Gasteiger partial charge < -0.3 is 20.5 Å². The number of carbonyl (C=O) groups is 2. The maximum absolute atomic E-state index is 13.2. The number of amides is 1. The summed E-state index contributed by atoms with van der Waals surface area (Å²) in [5.74, 6) is -0.999. The third-order valence-electron chi connectivity index (χ3n) is 5.51. The van der Waals surface area contributed by atoms with E-state index in [1.54, 1.807) is 24.3 Å². The average Bonchev–Trinajstić information content (AvgIpc) is 2.75. The largest absolute Gasteiger partial charge is 0.478 e. The van der Waals surface area contributed by atoms with Crippen LogP contribution in [0.4, 0.5) is 0 Å². The molecule has 154 valence electrons. The molecule has 0 bridgehead atoms. The lowest BCUT2D eigenvalue weighted by Gasteiger charge is -2.37. The second-order valence-electron chi connectivity index (χ2n) is 7.48. The maximum Gasteiger partial charge on any atom is 0.335 e. The molecule has 1 saturated heterocycles. The van der Waals surface area contributed by atoms with Crippen molar-refractivity contribution in [3.63, 3.8) is 0 Å². The van der Waals surface area contributed by atoms with E-state index < -0.39 is 11.5 Å². The number of hydrogen-bond donors (Lipinski definition) is 3. The van der Waals surface area contributed by atoms with Crippen LogP contribution in [0.2, 0.25) is 0 Å². The van der Waals surface area contributed by atoms with Gasteiger partial charge in [0.05, 0.1) is 11.6 Å². The number of carboxylic acid groups (broad SMARTS) is 1. The highest BCUT2D eigenvalue weighted by atomic mass is 16.5. The predicted octanol–water partition coefficient (Wildman–Crippen LogP) is 2.94. The van der Waals surface area contributed by atoms with Crippen LogP contribution in [0.3, 0.4) is 0 Å². The van der Waals surface area contributed by atoms with Crippen molar-refractivity contribution in [2.24, 2.45) is 0 Å². The maximum atomic E-state index is 13.2. The van der Waals surface area contributed by atoms with Crippen molar-refractivity contribution in [2.45, 2.75) is 37.8 Å². The molecule has 0 saturated carbocycles. The average molecular weight is 396 g/mol. The SMILES string of the molecule is C[C@H](NC(=O)C1(NCCc2ccccc2)CCOCC1)c1ccc(C(=O)O)cc1. The first-order chi connectivity index (χ1) is 14.0. The van der Waals surface area contributed by atoms with Crippen LogP contribution in [-0.4, -0.2) is 42.3 Å². The molecule has 1 fully saturated rings. The van der Waals surface area contributed by atoms with Crippen molar-refractivity contribution in [2.75, 3.05) is 19.8 Å². The number of rotatable bonds is 8. The molecule has 2 aromatic rings. The molecule has 1 amide bonds. The molecular weight excluding hydrogens is 368 g/mol. The van der Waals surface area contributed by atoms with Gasteiger partial charge in [-0.2, -0.15) is 0 Å². The lowest BCUT2D eigenvalue weighted by molar-refractivity contribution is -0.132. The van der Waals surface area contributed by atoms with Crippen molar-refractivity contribution in [3.8, 4) is 0 Å². The van der Waals surface area contributed by atoms with E-state index in [0.29, 0.717) is 32.6 Å². The smallest absolute Gasteiger partial charge is 0.335 e. The quantitative estimate of drug-likeness (QED) is 0.639. The summed E-state index contributed by atoms with van der Waals surface area (Å²) < 4.78 is 5.49. The van der Waals surface area contributed by atoms with Crippen LogP contribution in [0.5, 0.6) is 0 Å². The van der Waals surface area contributed by atoms with E-state index in [1.807, 2.05) is 25.1 Å². The fraction of sp³-hybridized carbons (Fsp3) is 0.391. The van der Waals surface area contributed by atoms with Crippen LogP contribution in [0, 0.1) is 0 Å². The Labute approximate surface area is 171 Å². The van der Waals surface area contributed by atoms with E-state index in [9.17, 15) is 9.59 Å². The normalized spacial score (nSPS) is 16.7. The van der Waals surface area contributed by atoms with Crippen molar-refractivity contribution < 1.29 is 19.4 Å². The van der Waals surface area contributed by atoms with Gasteiger partial charge in [-0.25, -0.2) is 4.79 Å². The van der Waals surface area contributed by atoms with Gasteiger partial charge in [-0.1, -0.05) is 42.5 Å². The van der Waals surface area contributed by atoms with E-state index >= 15 is 0 Å².